The topological polar surface area (TPSA) is 83.2 Å². The summed E-state index contributed by atoms with van der Waals surface area (Å²) in [7, 11) is 1.31. The van der Waals surface area contributed by atoms with Crippen LogP contribution in [0.3, 0.4) is 0 Å². The van der Waals surface area contributed by atoms with Crippen molar-refractivity contribution < 1.29 is 9.53 Å². The van der Waals surface area contributed by atoms with Crippen molar-refractivity contribution in [1.82, 2.24) is 14.6 Å². The highest BCUT2D eigenvalue weighted by Gasteiger charge is 2.28. The van der Waals surface area contributed by atoms with Crippen molar-refractivity contribution in [3.63, 3.8) is 0 Å². The van der Waals surface area contributed by atoms with Gasteiger partial charge in [0.05, 0.1) is 7.11 Å². The molecule has 0 bridgehead atoms. The van der Waals surface area contributed by atoms with Crippen LogP contribution >= 0.6 is 11.8 Å². The molecule has 6 nitrogen and oxygen atoms in total. The zero-order valence-corrected chi connectivity index (χ0v) is 14.6. The fourth-order valence-electron chi connectivity index (χ4n) is 2.51. The molecule has 3 aromatic rings. The van der Waals surface area contributed by atoms with Gasteiger partial charge in [-0.3, -0.25) is 5.10 Å². The largest absolute Gasteiger partial charge is 0.465 e. The average molecular weight is 340 g/mol. The van der Waals surface area contributed by atoms with Crippen LogP contribution in [-0.2, 0) is 4.74 Å². The third-order valence-electron chi connectivity index (χ3n) is 3.70. The van der Waals surface area contributed by atoms with Crippen molar-refractivity contribution in [2.45, 2.75) is 30.7 Å². The number of methoxy groups -OCH3 is 1. The average Bonchev–Trinajstić information content (AvgIpc) is 3.05. The number of esters is 1. The first-order valence-electron chi connectivity index (χ1n) is 7.30. The van der Waals surface area contributed by atoms with E-state index in [4.69, 9.17) is 4.74 Å². The number of fused-ring (bicyclic) bond motifs is 1. The summed E-state index contributed by atoms with van der Waals surface area (Å²) in [4.78, 5) is 17.6. The number of aromatic nitrogens is 3. The summed E-state index contributed by atoms with van der Waals surface area (Å²) in [5.74, 6) is 0.122. The van der Waals surface area contributed by atoms with Gasteiger partial charge in [-0.05, 0) is 38.0 Å². The van der Waals surface area contributed by atoms with Gasteiger partial charge in [0.1, 0.15) is 28.0 Å². The van der Waals surface area contributed by atoms with Gasteiger partial charge < -0.3 is 4.74 Å². The Bertz CT molecular complexity index is 994. The second-order valence-electron chi connectivity index (χ2n) is 5.50. The number of rotatable bonds is 3. The molecule has 2 heterocycles. The van der Waals surface area contributed by atoms with Gasteiger partial charge in [0.25, 0.3) is 0 Å². The Morgan fingerprint density at radius 2 is 2.12 bits per heavy atom. The lowest BCUT2D eigenvalue weighted by atomic mass is 10.2. The van der Waals surface area contributed by atoms with E-state index < -0.39 is 5.97 Å². The third-order valence-corrected chi connectivity index (χ3v) is 4.94. The van der Waals surface area contributed by atoms with E-state index in [2.05, 4.69) is 22.2 Å². The molecule has 24 heavy (non-hydrogen) atoms. The van der Waals surface area contributed by atoms with Crippen LogP contribution in [0.5, 0.6) is 0 Å². The standard InChI is InChI=1S/C17H16N4O2S/c1-9-5-6-10(2)13(7-9)24-16-14(17(22)23-4)12(8-18)15-19-11(3)20-21(15)16/h5-7H,1-4H3,(H,19,20). The SMILES string of the molecule is COC(=O)c1c(C#N)c2nc(C)[nH]n2c1Sc1cc(C)ccc1C. The summed E-state index contributed by atoms with van der Waals surface area (Å²) in [5.41, 5.74) is 3.11. The number of hydrogen-bond donors (Lipinski definition) is 1. The maximum atomic E-state index is 12.3. The molecule has 0 aliphatic rings. The number of carbonyl (C=O) groups is 1. The number of ether oxygens (including phenoxy) is 1. The highest BCUT2D eigenvalue weighted by atomic mass is 32.2. The number of hydrogen-bond acceptors (Lipinski definition) is 5. The minimum atomic E-state index is -0.545. The smallest absolute Gasteiger partial charge is 0.342 e. The number of nitriles is 1. The summed E-state index contributed by atoms with van der Waals surface area (Å²) >= 11 is 1.42. The number of H-pyrrole nitrogens is 1. The number of nitrogens with one attached hydrogen (secondary N) is 1. The normalized spacial score (nSPS) is 10.8. The Hall–Kier alpha value is -2.72. The molecule has 0 saturated carbocycles. The van der Waals surface area contributed by atoms with Gasteiger partial charge in [-0.2, -0.15) is 5.26 Å². The molecular weight excluding hydrogens is 324 g/mol. The Labute approximate surface area is 143 Å². The van der Waals surface area contributed by atoms with Crippen LogP contribution in [0, 0.1) is 32.1 Å². The van der Waals surface area contributed by atoms with Crippen molar-refractivity contribution >= 4 is 23.4 Å². The van der Waals surface area contributed by atoms with E-state index in [0.717, 1.165) is 16.0 Å². The molecule has 3 rings (SSSR count). The van der Waals surface area contributed by atoms with Crippen LogP contribution in [0.1, 0.15) is 32.9 Å². The van der Waals surface area contributed by atoms with E-state index in [0.29, 0.717) is 16.5 Å². The van der Waals surface area contributed by atoms with Gasteiger partial charge in [-0.25, -0.2) is 14.3 Å². The van der Waals surface area contributed by atoms with Crippen molar-refractivity contribution in [3.05, 3.63) is 46.3 Å². The van der Waals surface area contributed by atoms with Crippen LogP contribution in [-0.4, -0.2) is 27.7 Å². The molecule has 122 valence electrons. The van der Waals surface area contributed by atoms with Gasteiger partial charge in [0, 0.05) is 4.90 Å². The maximum absolute atomic E-state index is 12.3. The summed E-state index contributed by atoms with van der Waals surface area (Å²) in [6.07, 6.45) is 0. The zero-order chi connectivity index (χ0) is 17.4. The number of aromatic amines is 1. The van der Waals surface area contributed by atoms with Gasteiger partial charge >= 0.3 is 5.97 Å². The zero-order valence-electron chi connectivity index (χ0n) is 13.8. The van der Waals surface area contributed by atoms with E-state index in [1.165, 1.54) is 18.9 Å². The van der Waals surface area contributed by atoms with Crippen LogP contribution in [0.2, 0.25) is 0 Å². The first-order chi connectivity index (χ1) is 11.5. The predicted octanol–water partition coefficient (Wildman–Crippen LogP) is 3.40. The molecule has 0 atom stereocenters. The van der Waals surface area contributed by atoms with E-state index in [1.807, 2.05) is 26.0 Å². The molecule has 2 aromatic heterocycles. The van der Waals surface area contributed by atoms with E-state index in [9.17, 15) is 10.1 Å². The number of aryl methyl sites for hydroxylation is 3. The summed E-state index contributed by atoms with van der Waals surface area (Å²) in [5, 5.41) is 13.2. The minimum absolute atomic E-state index is 0.221. The summed E-state index contributed by atoms with van der Waals surface area (Å²) in [6.45, 7) is 5.83. The Morgan fingerprint density at radius 1 is 1.38 bits per heavy atom. The van der Waals surface area contributed by atoms with E-state index in [-0.39, 0.29) is 11.1 Å². The monoisotopic (exact) mass is 340 g/mol. The van der Waals surface area contributed by atoms with Gasteiger partial charge in [0.2, 0.25) is 0 Å². The number of nitrogens with zero attached hydrogens (tertiary/aromatic N) is 3. The first-order valence-corrected chi connectivity index (χ1v) is 8.12. The van der Waals surface area contributed by atoms with Crippen molar-refractivity contribution in [2.75, 3.05) is 7.11 Å². The molecule has 0 aliphatic heterocycles. The third kappa shape index (κ3) is 2.55. The molecule has 0 saturated heterocycles. The predicted molar refractivity (Wildman–Crippen MR) is 90.4 cm³/mol. The molecule has 0 aliphatic carbocycles. The summed E-state index contributed by atoms with van der Waals surface area (Å²) in [6, 6.07) is 8.20. The fraction of sp³-hybridized carbons (Fsp3) is 0.235. The Balaban J connectivity index is 2.27. The lowest BCUT2D eigenvalue weighted by molar-refractivity contribution is 0.0596. The van der Waals surface area contributed by atoms with Crippen LogP contribution in [0.25, 0.3) is 5.65 Å². The Morgan fingerprint density at radius 3 is 2.79 bits per heavy atom. The molecular formula is C17H16N4O2S. The van der Waals surface area contributed by atoms with Crippen LogP contribution < -0.4 is 0 Å². The van der Waals surface area contributed by atoms with Gasteiger partial charge in [-0.1, -0.05) is 23.9 Å². The van der Waals surface area contributed by atoms with Crippen molar-refractivity contribution in [3.8, 4) is 6.07 Å². The number of carbonyl (C=O) groups excluding carboxylic acids is 1. The maximum Gasteiger partial charge on any atom is 0.342 e. The Kier molecular flexibility index (Phi) is 4.08. The van der Waals surface area contributed by atoms with Crippen LogP contribution in [0.15, 0.2) is 28.1 Å². The van der Waals surface area contributed by atoms with Crippen molar-refractivity contribution in [1.29, 1.82) is 5.26 Å². The first kappa shape index (κ1) is 16.1. The highest BCUT2D eigenvalue weighted by Crippen LogP contribution is 2.37. The summed E-state index contributed by atoms with van der Waals surface area (Å²) < 4.78 is 6.56. The molecule has 0 unspecified atom stereocenters. The molecule has 1 N–H and O–H groups in total. The lowest BCUT2D eigenvalue weighted by Crippen LogP contribution is -2.04. The second-order valence-corrected chi connectivity index (χ2v) is 6.53. The number of benzene rings is 1. The second kappa shape index (κ2) is 6.06. The quantitative estimate of drug-likeness (QED) is 0.739. The van der Waals surface area contributed by atoms with Gasteiger partial charge in [-0.15, -0.1) is 0 Å². The molecule has 1 aromatic carbocycles. The van der Waals surface area contributed by atoms with Crippen LogP contribution in [0.4, 0.5) is 0 Å². The fourth-order valence-corrected chi connectivity index (χ4v) is 3.70. The van der Waals surface area contributed by atoms with Gasteiger partial charge in [0.15, 0.2) is 5.65 Å². The lowest BCUT2D eigenvalue weighted by Gasteiger charge is -2.08. The van der Waals surface area contributed by atoms with E-state index >= 15 is 0 Å². The minimum Gasteiger partial charge on any atom is -0.465 e. The highest BCUT2D eigenvalue weighted by molar-refractivity contribution is 7.99. The van der Waals surface area contributed by atoms with Crippen molar-refractivity contribution in [2.24, 2.45) is 0 Å². The molecule has 0 spiro atoms. The molecule has 0 fully saturated rings. The molecule has 0 amide bonds. The molecule has 7 heteroatoms. The van der Waals surface area contributed by atoms with E-state index in [1.54, 1.807) is 11.4 Å². The molecule has 0 radical (unpaired) electrons.